The molecular weight excluding hydrogens is 278 g/mol. The zero-order valence-electron chi connectivity index (χ0n) is 8.41. The van der Waals surface area contributed by atoms with Gasteiger partial charge in [-0.05, 0) is 23.8 Å². The molecule has 0 aliphatic rings. The van der Waals surface area contributed by atoms with Crippen LogP contribution in [-0.4, -0.2) is 16.9 Å². The Bertz CT molecular complexity index is 444. The van der Waals surface area contributed by atoms with Gasteiger partial charge < -0.3 is 5.11 Å². The van der Waals surface area contributed by atoms with Gasteiger partial charge in [-0.3, -0.25) is 4.79 Å². The van der Waals surface area contributed by atoms with Crippen LogP contribution in [0.1, 0.15) is 5.56 Å². The molecule has 0 heterocycles. The second kappa shape index (κ2) is 7.61. The number of benzene rings is 1. The number of aliphatic carboxylic acids is 1. The van der Waals surface area contributed by atoms with Crippen LogP contribution in [0.5, 0.6) is 0 Å². The van der Waals surface area contributed by atoms with E-state index in [1.54, 1.807) is 12.1 Å². The molecule has 1 rings (SSSR count). The quantitative estimate of drug-likeness (QED) is 0.469. The third-order valence-corrected chi connectivity index (χ3v) is 2.32. The Morgan fingerprint density at radius 1 is 1.19 bits per heavy atom. The van der Waals surface area contributed by atoms with Crippen LogP contribution in [0.2, 0.25) is 10.0 Å². The topological polar surface area (TPSA) is 54.4 Å². The van der Waals surface area contributed by atoms with E-state index >= 15 is 0 Å². The largest absolute Gasteiger partial charge is 1.00 e. The predicted octanol–water partition coefficient (Wildman–Crippen LogP) is -0.336. The van der Waals surface area contributed by atoms with Crippen LogP contribution in [0.15, 0.2) is 24.3 Å². The van der Waals surface area contributed by atoms with Gasteiger partial charge >= 0.3 is 57.4 Å². The van der Waals surface area contributed by atoms with Gasteiger partial charge in [0.25, 0.3) is 5.78 Å². The molecule has 0 radical (unpaired) electrons. The number of halogens is 2. The van der Waals surface area contributed by atoms with Crippen LogP contribution in [0.25, 0.3) is 6.08 Å². The zero-order valence-corrected chi connectivity index (χ0v) is 13.0. The van der Waals surface area contributed by atoms with Gasteiger partial charge in [-0.2, -0.15) is 0 Å². The summed E-state index contributed by atoms with van der Waals surface area (Å²) in [5.41, 5.74) is 0.610. The zero-order chi connectivity index (χ0) is 11.4. The van der Waals surface area contributed by atoms with E-state index in [1.807, 2.05) is 0 Å². The molecule has 0 fully saturated rings. The molecule has 0 aliphatic heterocycles. The van der Waals surface area contributed by atoms with Crippen molar-refractivity contribution >= 4 is 41.0 Å². The molecule has 1 N–H and O–H groups in total. The predicted molar refractivity (Wildman–Crippen MR) is 58.1 cm³/mol. The van der Waals surface area contributed by atoms with Crippen LogP contribution < -0.4 is 51.4 Å². The summed E-state index contributed by atoms with van der Waals surface area (Å²) in [6, 6.07) is 4.73. The number of hydrogen-bond donors (Lipinski definition) is 1. The van der Waals surface area contributed by atoms with Crippen molar-refractivity contribution in [2.45, 2.75) is 0 Å². The first-order valence-corrected chi connectivity index (χ1v) is 4.66. The first-order valence-electron chi connectivity index (χ1n) is 3.91. The summed E-state index contributed by atoms with van der Waals surface area (Å²) in [5.74, 6) is -2.48. The van der Waals surface area contributed by atoms with E-state index in [4.69, 9.17) is 28.3 Å². The number of rotatable bonds is 3. The normalized spacial score (nSPS) is 9.88. The minimum Gasteiger partial charge on any atom is -0.475 e. The molecule has 0 amide bonds. The van der Waals surface area contributed by atoms with Crippen LogP contribution in [0.3, 0.4) is 0 Å². The van der Waals surface area contributed by atoms with Gasteiger partial charge in [-0.15, -0.1) is 0 Å². The third-order valence-electron chi connectivity index (χ3n) is 1.58. The van der Waals surface area contributed by atoms with Crippen molar-refractivity contribution in [2.75, 3.05) is 0 Å². The molecule has 3 nitrogen and oxygen atoms in total. The molecule has 6 heteroatoms. The minimum absolute atomic E-state index is 0. The van der Waals surface area contributed by atoms with Crippen LogP contribution >= 0.6 is 23.2 Å². The van der Waals surface area contributed by atoms with E-state index < -0.39 is 11.8 Å². The van der Waals surface area contributed by atoms with Crippen molar-refractivity contribution in [3.8, 4) is 0 Å². The van der Waals surface area contributed by atoms with Gasteiger partial charge in [0.15, 0.2) is 0 Å². The van der Waals surface area contributed by atoms with Crippen molar-refractivity contribution in [1.82, 2.24) is 0 Å². The Labute approximate surface area is 145 Å². The number of hydrogen-bond acceptors (Lipinski definition) is 2. The number of carbonyl (C=O) groups is 2. The monoisotopic (exact) mass is 283 g/mol. The molecule has 0 saturated heterocycles. The fourth-order valence-electron chi connectivity index (χ4n) is 0.859. The second-order valence-electron chi connectivity index (χ2n) is 2.68. The van der Waals surface area contributed by atoms with Crippen molar-refractivity contribution in [3.05, 3.63) is 39.9 Å². The smallest absolute Gasteiger partial charge is 0.475 e. The number of carbonyl (C=O) groups excluding carboxylic acids is 1. The molecule has 16 heavy (non-hydrogen) atoms. The molecular formula is C10H6Cl2KO3+. The average molecular weight is 284 g/mol. The van der Waals surface area contributed by atoms with E-state index in [9.17, 15) is 9.59 Å². The van der Waals surface area contributed by atoms with Crippen LogP contribution in [0.4, 0.5) is 0 Å². The maximum absolute atomic E-state index is 10.7. The first-order chi connectivity index (χ1) is 7.00. The van der Waals surface area contributed by atoms with Gasteiger partial charge in [-0.25, -0.2) is 4.79 Å². The van der Waals surface area contributed by atoms with Crippen molar-refractivity contribution in [3.63, 3.8) is 0 Å². The minimum atomic E-state index is -1.49. The fraction of sp³-hybridized carbons (Fsp3) is 0. The Kier molecular flexibility index (Phi) is 7.76. The summed E-state index contributed by atoms with van der Waals surface area (Å²) in [7, 11) is 0. The third kappa shape index (κ3) is 5.10. The van der Waals surface area contributed by atoms with Crippen molar-refractivity contribution in [1.29, 1.82) is 0 Å². The fourth-order valence-corrected chi connectivity index (χ4v) is 1.17. The number of ketones is 1. The molecule has 0 unspecified atom stereocenters. The standard InChI is InChI=1S/C10H6Cl2O3.K/c11-7-3-1-6(5-8(7)12)2-4-9(13)10(14)15;/h1-5H,(H,14,15);/q;+1/b4-2-;. The van der Waals surface area contributed by atoms with Gasteiger partial charge in [-0.1, -0.05) is 35.3 Å². The first kappa shape index (κ1) is 16.3. The van der Waals surface area contributed by atoms with E-state index in [2.05, 4.69) is 0 Å². The molecule has 0 atom stereocenters. The Balaban J connectivity index is 0.00000225. The Hall–Kier alpha value is 0.316. The molecule has 0 spiro atoms. The summed E-state index contributed by atoms with van der Waals surface area (Å²) in [6.45, 7) is 0. The maximum atomic E-state index is 10.7. The second-order valence-corrected chi connectivity index (χ2v) is 3.49. The summed E-state index contributed by atoms with van der Waals surface area (Å²) in [4.78, 5) is 20.9. The van der Waals surface area contributed by atoms with Gasteiger partial charge in [0.05, 0.1) is 10.0 Å². The van der Waals surface area contributed by atoms with Crippen molar-refractivity contribution in [2.24, 2.45) is 0 Å². The van der Waals surface area contributed by atoms with E-state index in [1.165, 1.54) is 12.1 Å². The van der Waals surface area contributed by atoms with Gasteiger partial charge in [0, 0.05) is 0 Å². The molecule has 78 valence electrons. The van der Waals surface area contributed by atoms with Crippen LogP contribution in [0, 0.1) is 0 Å². The Morgan fingerprint density at radius 3 is 2.31 bits per heavy atom. The Morgan fingerprint density at radius 2 is 1.81 bits per heavy atom. The summed E-state index contributed by atoms with van der Waals surface area (Å²) < 4.78 is 0. The summed E-state index contributed by atoms with van der Waals surface area (Å²) >= 11 is 11.4. The van der Waals surface area contributed by atoms with Crippen LogP contribution in [-0.2, 0) is 9.59 Å². The molecule has 0 saturated carbocycles. The summed E-state index contributed by atoms with van der Waals surface area (Å²) in [6.07, 6.45) is 2.32. The summed E-state index contributed by atoms with van der Waals surface area (Å²) in [5, 5.41) is 9.06. The van der Waals surface area contributed by atoms with Gasteiger partial charge in [0.2, 0.25) is 0 Å². The number of carboxylic acid groups (broad SMARTS) is 1. The number of carboxylic acids is 1. The van der Waals surface area contributed by atoms with E-state index in [0.29, 0.717) is 15.6 Å². The molecule has 1 aromatic rings. The van der Waals surface area contributed by atoms with E-state index in [0.717, 1.165) is 6.08 Å². The molecule has 0 aromatic heterocycles. The molecule has 0 aliphatic carbocycles. The van der Waals surface area contributed by atoms with Crippen molar-refractivity contribution < 1.29 is 66.1 Å². The SMILES string of the molecule is O=C(O)C(=O)/C=C\c1ccc(Cl)c(Cl)c1.[K+]. The maximum Gasteiger partial charge on any atom is 1.00 e. The average Bonchev–Trinajstić information content (AvgIpc) is 2.19. The molecule has 0 bridgehead atoms. The van der Waals surface area contributed by atoms with E-state index in [-0.39, 0.29) is 51.4 Å². The van der Waals surface area contributed by atoms with Gasteiger partial charge in [0.1, 0.15) is 0 Å². The molecule has 1 aromatic carbocycles.